The molecule has 0 bridgehead atoms. The summed E-state index contributed by atoms with van der Waals surface area (Å²) < 4.78 is 6.29. The first kappa shape index (κ1) is 22.7. The van der Waals surface area contributed by atoms with Crippen LogP contribution in [0.4, 0.5) is 5.95 Å². The van der Waals surface area contributed by atoms with E-state index >= 15 is 0 Å². The number of halogens is 1. The summed E-state index contributed by atoms with van der Waals surface area (Å²) in [6, 6.07) is 15.6. The van der Waals surface area contributed by atoms with Crippen molar-refractivity contribution in [2.45, 2.75) is 30.2 Å². The molecule has 3 aromatic rings. The van der Waals surface area contributed by atoms with E-state index in [1.165, 1.54) is 12.1 Å². The maximum absolute atomic E-state index is 10.9. The van der Waals surface area contributed by atoms with E-state index in [2.05, 4.69) is 25.9 Å². The number of nitrogens with two attached hydrogens (primary N) is 1. The predicted molar refractivity (Wildman–Crippen MR) is 119 cm³/mol. The number of benzene rings is 2. The molecule has 0 spiro atoms. The Labute approximate surface area is 191 Å². The monoisotopic (exact) mass is 503 g/mol. The van der Waals surface area contributed by atoms with Crippen molar-refractivity contribution < 1.29 is 30.3 Å². The Bertz CT molecular complexity index is 1100. The van der Waals surface area contributed by atoms with Gasteiger partial charge in [-0.15, -0.1) is 0 Å². The van der Waals surface area contributed by atoms with Gasteiger partial charge in [0.2, 0.25) is 11.7 Å². The van der Waals surface area contributed by atoms with Crippen molar-refractivity contribution in [2.75, 3.05) is 12.3 Å². The van der Waals surface area contributed by atoms with Crippen LogP contribution in [0.2, 0.25) is 0 Å². The zero-order valence-corrected chi connectivity index (χ0v) is 18.3. The zero-order chi connectivity index (χ0) is 23.0. The van der Waals surface area contributed by atoms with Crippen LogP contribution >= 0.6 is 15.9 Å². The second-order valence-corrected chi connectivity index (χ2v) is 8.46. The lowest BCUT2D eigenvalue weighted by Crippen LogP contribution is -2.63. The first-order valence-corrected chi connectivity index (χ1v) is 10.6. The topological polar surface area (TPSA) is 162 Å². The summed E-state index contributed by atoms with van der Waals surface area (Å²) in [5.74, 6) is -2.23. The van der Waals surface area contributed by atoms with Crippen LogP contribution in [0.1, 0.15) is 5.56 Å². The molecule has 0 unspecified atom stereocenters. The fourth-order valence-corrected chi connectivity index (χ4v) is 3.92. The predicted octanol–water partition coefficient (Wildman–Crippen LogP) is 0.774. The van der Waals surface area contributed by atoms with Crippen LogP contribution in [0, 0.1) is 0 Å². The molecule has 1 aliphatic heterocycles. The molecule has 2 heterocycles. The van der Waals surface area contributed by atoms with Gasteiger partial charge in [0, 0.05) is 21.2 Å². The summed E-state index contributed by atoms with van der Waals surface area (Å²) in [5.41, 5.74) is 8.74. The summed E-state index contributed by atoms with van der Waals surface area (Å²) in [6.45, 7) is -0.648. The highest BCUT2D eigenvalue weighted by molar-refractivity contribution is 9.10. The van der Waals surface area contributed by atoms with E-state index in [1.807, 2.05) is 24.3 Å². The third kappa shape index (κ3) is 4.14. The molecule has 10 heteroatoms. The molecule has 7 N–H and O–H groups in total. The molecule has 5 atom stereocenters. The van der Waals surface area contributed by atoms with Gasteiger partial charge >= 0.3 is 0 Å². The maximum Gasteiger partial charge on any atom is 0.222 e. The molecule has 0 amide bonds. The Kier molecular flexibility index (Phi) is 6.28. The molecular formula is C22H22BrN3O6. The fraction of sp³-hybridized carbons (Fsp3) is 0.273. The Hall–Kier alpha value is -2.44. The number of nitrogen functional groups attached to an aromatic ring is 1. The van der Waals surface area contributed by atoms with Crippen molar-refractivity contribution in [1.29, 1.82) is 0 Å². The van der Waals surface area contributed by atoms with Gasteiger partial charge in [0.15, 0.2) is 0 Å². The van der Waals surface area contributed by atoms with Gasteiger partial charge in [-0.1, -0.05) is 52.3 Å². The molecule has 0 aliphatic carbocycles. The van der Waals surface area contributed by atoms with E-state index in [0.29, 0.717) is 17.0 Å². The molecule has 4 rings (SSSR count). The van der Waals surface area contributed by atoms with Crippen molar-refractivity contribution in [3.8, 4) is 22.5 Å². The van der Waals surface area contributed by atoms with Gasteiger partial charge in [0.25, 0.3) is 0 Å². The minimum atomic E-state index is -2.32. The fourth-order valence-electron chi connectivity index (χ4n) is 3.65. The second-order valence-electron chi connectivity index (χ2n) is 7.54. The van der Waals surface area contributed by atoms with Gasteiger partial charge in [0.05, 0.1) is 18.0 Å². The number of hydrogen-bond acceptors (Lipinski definition) is 9. The standard InChI is InChI=1S/C22H22BrN3O6/c23-14-7-3-12(4-8-14)16-9-15(25-21(24)26-16)11-1-5-13(6-2-11)22(31)20(30)19(29)18(28)17(10-27)32-22/h1-9,17-20,27-31H,10H2,(H2,24,25,26)/t17-,18-,19-,20-,22-/m1/s1. The SMILES string of the molecule is Nc1nc(-c2ccc(Br)cc2)cc(-c2ccc([C@@]3(O)O[C@H](CO)[C@@H](O)[C@@H](O)[C@H]3O)cc2)n1. The summed E-state index contributed by atoms with van der Waals surface area (Å²) in [5, 5.41) is 50.6. The summed E-state index contributed by atoms with van der Waals surface area (Å²) in [6.07, 6.45) is -6.35. The van der Waals surface area contributed by atoms with Crippen LogP contribution in [0.5, 0.6) is 0 Å². The van der Waals surface area contributed by atoms with Crippen LogP contribution in [-0.2, 0) is 10.5 Å². The van der Waals surface area contributed by atoms with E-state index in [0.717, 1.165) is 10.0 Å². The lowest BCUT2D eigenvalue weighted by Gasteiger charge is -2.45. The van der Waals surface area contributed by atoms with Gasteiger partial charge in [-0.05, 0) is 18.2 Å². The Balaban J connectivity index is 1.66. The number of aliphatic hydroxyl groups excluding tert-OH is 4. The minimum Gasteiger partial charge on any atom is -0.394 e. The number of aliphatic hydroxyl groups is 5. The molecular weight excluding hydrogens is 482 g/mol. The number of nitrogens with zero attached hydrogens (tertiary/aromatic N) is 2. The number of hydrogen-bond donors (Lipinski definition) is 6. The Morgan fingerprint density at radius 1 is 0.906 bits per heavy atom. The third-order valence-corrected chi connectivity index (χ3v) is 5.97. The average molecular weight is 504 g/mol. The van der Waals surface area contributed by atoms with Gasteiger partial charge in [0.1, 0.15) is 24.4 Å². The number of ether oxygens (including phenoxy) is 1. The lowest BCUT2D eigenvalue weighted by atomic mass is 9.88. The van der Waals surface area contributed by atoms with Gasteiger partial charge in [-0.25, -0.2) is 9.97 Å². The summed E-state index contributed by atoms with van der Waals surface area (Å²) in [7, 11) is 0. The van der Waals surface area contributed by atoms with E-state index in [-0.39, 0.29) is 11.5 Å². The van der Waals surface area contributed by atoms with Crippen molar-refractivity contribution in [3.05, 3.63) is 64.6 Å². The Morgan fingerprint density at radius 2 is 1.44 bits per heavy atom. The van der Waals surface area contributed by atoms with Crippen LogP contribution < -0.4 is 5.73 Å². The number of anilines is 1. The van der Waals surface area contributed by atoms with Crippen molar-refractivity contribution >= 4 is 21.9 Å². The molecule has 1 saturated heterocycles. The van der Waals surface area contributed by atoms with Crippen LogP contribution in [0.3, 0.4) is 0 Å². The Morgan fingerprint density at radius 3 is 1.97 bits per heavy atom. The third-order valence-electron chi connectivity index (χ3n) is 5.44. The molecule has 1 aliphatic rings. The molecule has 168 valence electrons. The van der Waals surface area contributed by atoms with Crippen molar-refractivity contribution in [1.82, 2.24) is 9.97 Å². The molecule has 1 aromatic heterocycles. The van der Waals surface area contributed by atoms with E-state index < -0.39 is 36.8 Å². The second kappa shape index (κ2) is 8.83. The quantitative estimate of drug-likeness (QED) is 0.302. The summed E-state index contributed by atoms with van der Waals surface area (Å²) in [4.78, 5) is 8.56. The molecule has 0 saturated carbocycles. The molecule has 1 fully saturated rings. The van der Waals surface area contributed by atoms with Gasteiger partial charge < -0.3 is 36.0 Å². The largest absolute Gasteiger partial charge is 0.394 e. The highest BCUT2D eigenvalue weighted by Gasteiger charge is 2.53. The van der Waals surface area contributed by atoms with Crippen LogP contribution in [0.15, 0.2) is 59.1 Å². The lowest BCUT2D eigenvalue weighted by molar-refractivity contribution is -0.357. The van der Waals surface area contributed by atoms with Crippen LogP contribution in [0.25, 0.3) is 22.5 Å². The van der Waals surface area contributed by atoms with E-state index in [9.17, 15) is 25.5 Å². The highest BCUT2D eigenvalue weighted by Crippen LogP contribution is 2.37. The number of aromatic nitrogens is 2. The van der Waals surface area contributed by atoms with Gasteiger partial charge in [-0.3, -0.25) is 0 Å². The molecule has 9 nitrogen and oxygen atoms in total. The normalized spacial score (nSPS) is 27.9. The van der Waals surface area contributed by atoms with Crippen molar-refractivity contribution in [2.24, 2.45) is 0 Å². The molecule has 0 radical (unpaired) electrons. The zero-order valence-electron chi connectivity index (χ0n) is 16.7. The molecule has 32 heavy (non-hydrogen) atoms. The maximum atomic E-state index is 10.9. The molecule has 2 aromatic carbocycles. The summed E-state index contributed by atoms with van der Waals surface area (Å²) >= 11 is 3.40. The first-order valence-electron chi connectivity index (χ1n) is 9.79. The smallest absolute Gasteiger partial charge is 0.222 e. The van der Waals surface area contributed by atoms with Crippen molar-refractivity contribution in [3.63, 3.8) is 0 Å². The van der Waals surface area contributed by atoms with E-state index in [4.69, 9.17) is 10.5 Å². The highest BCUT2D eigenvalue weighted by atomic mass is 79.9. The van der Waals surface area contributed by atoms with E-state index in [1.54, 1.807) is 18.2 Å². The first-order chi connectivity index (χ1) is 15.2. The average Bonchev–Trinajstić information content (AvgIpc) is 2.80. The number of rotatable bonds is 4. The minimum absolute atomic E-state index is 0.0945. The van der Waals surface area contributed by atoms with Crippen LogP contribution in [-0.4, -0.2) is 66.5 Å². The van der Waals surface area contributed by atoms with Gasteiger partial charge in [-0.2, -0.15) is 0 Å².